The van der Waals surface area contributed by atoms with Crippen molar-refractivity contribution in [3.05, 3.63) is 34.8 Å². The van der Waals surface area contributed by atoms with E-state index in [9.17, 15) is 8.78 Å². The van der Waals surface area contributed by atoms with Crippen molar-refractivity contribution in [2.45, 2.75) is 38.9 Å². The van der Waals surface area contributed by atoms with Crippen molar-refractivity contribution < 1.29 is 22.8 Å². The molecular formula is C17H24BF2NO3. The quantitative estimate of drug-likeness (QED) is 0.837. The zero-order valence-electron chi connectivity index (χ0n) is 15.0. The summed E-state index contributed by atoms with van der Waals surface area (Å²) >= 11 is 0. The second kappa shape index (κ2) is 6.82. The Hall–Kier alpha value is -1.44. The summed E-state index contributed by atoms with van der Waals surface area (Å²) in [5.41, 5.74) is 0.160. The number of methoxy groups -OCH3 is 1. The molecule has 2 rings (SSSR count). The molecule has 7 heteroatoms. The fourth-order valence-electron chi connectivity index (χ4n) is 2.47. The van der Waals surface area contributed by atoms with Crippen LogP contribution in [0.15, 0.2) is 17.6 Å². The van der Waals surface area contributed by atoms with Gasteiger partial charge in [0.1, 0.15) is 0 Å². The molecule has 132 valence electrons. The summed E-state index contributed by atoms with van der Waals surface area (Å²) in [4.78, 5) is 0. The second-order valence-corrected chi connectivity index (χ2v) is 6.86. The molecule has 1 heterocycles. The monoisotopic (exact) mass is 339 g/mol. The van der Waals surface area contributed by atoms with Crippen LogP contribution in [0.5, 0.6) is 5.75 Å². The molecule has 0 aliphatic carbocycles. The average molecular weight is 339 g/mol. The van der Waals surface area contributed by atoms with E-state index in [1.807, 2.05) is 27.7 Å². The normalized spacial score (nSPS) is 19.7. The van der Waals surface area contributed by atoms with Gasteiger partial charge in [0.2, 0.25) is 0 Å². The van der Waals surface area contributed by atoms with Crippen LogP contribution in [0.4, 0.5) is 8.78 Å². The summed E-state index contributed by atoms with van der Waals surface area (Å²) in [6, 6.07) is 2.45. The lowest BCUT2D eigenvalue weighted by molar-refractivity contribution is 0.00578. The number of benzene rings is 1. The van der Waals surface area contributed by atoms with Crippen LogP contribution < -0.4 is 10.1 Å². The third-order valence-electron chi connectivity index (χ3n) is 4.51. The molecule has 1 aromatic carbocycles. The van der Waals surface area contributed by atoms with Gasteiger partial charge in [-0.1, -0.05) is 6.08 Å². The fourth-order valence-corrected chi connectivity index (χ4v) is 2.47. The topological polar surface area (TPSA) is 39.7 Å². The fraction of sp³-hybridized carbons (Fsp3) is 0.529. The second-order valence-electron chi connectivity index (χ2n) is 6.86. The lowest BCUT2D eigenvalue weighted by Crippen LogP contribution is -2.41. The van der Waals surface area contributed by atoms with E-state index in [2.05, 4.69) is 5.32 Å². The van der Waals surface area contributed by atoms with Gasteiger partial charge in [-0.2, -0.15) is 0 Å². The Labute approximate surface area is 142 Å². The molecule has 0 bridgehead atoms. The first-order valence-electron chi connectivity index (χ1n) is 7.85. The summed E-state index contributed by atoms with van der Waals surface area (Å²) in [7, 11) is 2.43. The summed E-state index contributed by atoms with van der Waals surface area (Å²) in [6.45, 7) is 8.28. The van der Waals surface area contributed by atoms with Crippen molar-refractivity contribution in [3.8, 4) is 5.75 Å². The maximum atomic E-state index is 13.9. The van der Waals surface area contributed by atoms with Crippen molar-refractivity contribution in [2.24, 2.45) is 0 Å². The van der Waals surface area contributed by atoms with Crippen molar-refractivity contribution >= 4 is 13.2 Å². The third-order valence-corrected chi connectivity index (χ3v) is 4.51. The van der Waals surface area contributed by atoms with Crippen molar-refractivity contribution in [1.29, 1.82) is 0 Å². The Kier molecular flexibility index (Phi) is 5.37. The molecule has 0 amide bonds. The van der Waals surface area contributed by atoms with Gasteiger partial charge in [0.05, 0.1) is 18.3 Å². The Morgan fingerprint density at radius 3 is 2.08 bits per heavy atom. The van der Waals surface area contributed by atoms with Crippen LogP contribution in [0.1, 0.15) is 33.3 Å². The van der Waals surface area contributed by atoms with E-state index in [0.29, 0.717) is 12.1 Å². The molecule has 1 aliphatic rings. The van der Waals surface area contributed by atoms with Gasteiger partial charge in [0.25, 0.3) is 0 Å². The Morgan fingerprint density at radius 1 is 1.17 bits per heavy atom. The molecule has 1 saturated heterocycles. The highest BCUT2D eigenvalue weighted by Gasteiger charge is 2.52. The van der Waals surface area contributed by atoms with Crippen LogP contribution in [-0.4, -0.2) is 39.0 Å². The minimum Gasteiger partial charge on any atom is -0.491 e. The van der Waals surface area contributed by atoms with Crippen LogP contribution in [0.3, 0.4) is 0 Å². The number of likely N-dealkylation sites (N-methyl/N-ethyl adjacent to an activating group) is 1. The number of hydrogen-bond donors (Lipinski definition) is 1. The molecular weight excluding hydrogens is 315 g/mol. The maximum absolute atomic E-state index is 13.9. The molecule has 0 radical (unpaired) electrons. The number of hydrogen-bond acceptors (Lipinski definition) is 4. The molecule has 24 heavy (non-hydrogen) atoms. The van der Waals surface area contributed by atoms with E-state index in [4.69, 9.17) is 14.0 Å². The summed E-state index contributed by atoms with van der Waals surface area (Å²) in [6.07, 6.45) is 1.67. The number of ether oxygens (including phenoxy) is 1. The molecule has 1 fully saturated rings. The van der Waals surface area contributed by atoms with Crippen LogP contribution in [0.25, 0.3) is 6.08 Å². The van der Waals surface area contributed by atoms with Crippen LogP contribution in [0.2, 0.25) is 0 Å². The van der Waals surface area contributed by atoms with E-state index >= 15 is 0 Å². The first kappa shape index (κ1) is 18.9. The third kappa shape index (κ3) is 3.63. The predicted molar refractivity (Wildman–Crippen MR) is 90.9 cm³/mol. The van der Waals surface area contributed by atoms with E-state index < -0.39 is 35.7 Å². The van der Waals surface area contributed by atoms with Crippen molar-refractivity contribution in [1.82, 2.24) is 5.32 Å². The Bertz CT molecular complexity index is 608. The van der Waals surface area contributed by atoms with Gasteiger partial charge in [0.15, 0.2) is 17.4 Å². The minimum absolute atomic E-state index is 0.380. The van der Waals surface area contributed by atoms with E-state index in [0.717, 1.165) is 5.47 Å². The van der Waals surface area contributed by atoms with Crippen molar-refractivity contribution in [2.75, 3.05) is 20.7 Å². The molecule has 1 N–H and O–H groups in total. The number of halogens is 2. The summed E-state index contributed by atoms with van der Waals surface area (Å²) in [5, 5.41) is 3.03. The number of rotatable bonds is 5. The molecule has 0 saturated carbocycles. The molecule has 4 nitrogen and oxygen atoms in total. The van der Waals surface area contributed by atoms with Crippen molar-refractivity contribution in [3.63, 3.8) is 0 Å². The molecule has 1 aromatic rings. The minimum atomic E-state index is -0.749. The molecule has 0 atom stereocenters. The Balaban J connectivity index is 2.37. The standard InChI is InChI=1S/C17H24BF2NO3/c1-16(2)17(3,4)24-18(23-16)12(10-21-5)7-11-8-13(19)15(22-6)14(20)9-11/h7-9,21H,10H2,1-6H3. The molecule has 0 aromatic heterocycles. The maximum Gasteiger partial charge on any atom is 0.491 e. The Morgan fingerprint density at radius 2 is 1.67 bits per heavy atom. The number of nitrogens with one attached hydrogen (secondary N) is 1. The lowest BCUT2D eigenvalue weighted by Gasteiger charge is -2.32. The van der Waals surface area contributed by atoms with Gasteiger partial charge in [0, 0.05) is 6.54 Å². The lowest BCUT2D eigenvalue weighted by atomic mass is 9.77. The van der Waals surface area contributed by atoms with E-state index in [-0.39, 0.29) is 0 Å². The van der Waals surface area contributed by atoms with Gasteiger partial charge in [-0.3, -0.25) is 0 Å². The summed E-state index contributed by atoms with van der Waals surface area (Å²) < 4.78 is 44.5. The highest BCUT2D eigenvalue weighted by molar-refractivity contribution is 6.55. The zero-order valence-corrected chi connectivity index (χ0v) is 15.0. The van der Waals surface area contributed by atoms with Gasteiger partial charge in [-0.05, 0) is 57.9 Å². The molecule has 0 spiro atoms. The van der Waals surface area contributed by atoms with Gasteiger partial charge in [-0.15, -0.1) is 0 Å². The largest absolute Gasteiger partial charge is 0.491 e. The molecule has 1 aliphatic heterocycles. The van der Waals surface area contributed by atoms with E-state index in [1.54, 1.807) is 13.1 Å². The van der Waals surface area contributed by atoms with E-state index in [1.165, 1.54) is 19.2 Å². The zero-order chi connectivity index (χ0) is 18.1. The summed E-state index contributed by atoms with van der Waals surface area (Å²) in [5.74, 6) is -1.89. The van der Waals surface area contributed by atoms with Crippen LogP contribution >= 0.6 is 0 Å². The predicted octanol–water partition coefficient (Wildman–Crippen LogP) is 3.21. The smallest absolute Gasteiger partial charge is 0.491 e. The van der Waals surface area contributed by atoms with Gasteiger partial charge < -0.3 is 19.4 Å². The van der Waals surface area contributed by atoms with Crippen LogP contribution in [0, 0.1) is 11.6 Å². The molecule has 0 unspecified atom stereocenters. The first-order chi connectivity index (χ1) is 11.1. The SMILES string of the molecule is CNCC(=Cc1cc(F)c(OC)c(F)c1)B1OC(C)(C)C(C)(C)O1. The average Bonchev–Trinajstić information content (AvgIpc) is 2.66. The first-order valence-corrected chi connectivity index (χ1v) is 7.85. The van der Waals surface area contributed by atoms with Gasteiger partial charge >= 0.3 is 7.12 Å². The highest BCUT2D eigenvalue weighted by atomic mass is 19.1. The van der Waals surface area contributed by atoms with Crippen LogP contribution in [-0.2, 0) is 9.31 Å². The van der Waals surface area contributed by atoms with Gasteiger partial charge in [-0.25, -0.2) is 8.78 Å². The highest BCUT2D eigenvalue weighted by Crippen LogP contribution is 2.38.